The Balaban J connectivity index is 1.95. The number of hydrogen-bond acceptors (Lipinski definition) is 7. The first-order chi connectivity index (χ1) is 13.0. The van der Waals surface area contributed by atoms with E-state index in [-0.39, 0.29) is 11.5 Å². The van der Waals surface area contributed by atoms with Gasteiger partial charge in [0, 0.05) is 37.8 Å². The summed E-state index contributed by atoms with van der Waals surface area (Å²) < 4.78 is 2.04. The third-order valence-corrected chi connectivity index (χ3v) is 7.06. The van der Waals surface area contributed by atoms with Gasteiger partial charge in [-0.3, -0.25) is 18.9 Å². The number of amides is 1. The van der Waals surface area contributed by atoms with Crippen LogP contribution < -0.4 is 10.5 Å². The van der Waals surface area contributed by atoms with E-state index in [9.17, 15) is 9.59 Å². The van der Waals surface area contributed by atoms with E-state index in [0.29, 0.717) is 26.3 Å². The predicted molar refractivity (Wildman–Crippen MR) is 117 cm³/mol. The number of carbonyl (C=O) groups excluding carboxylic acids is 1. The Kier molecular flexibility index (Phi) is 5.00. The molecule has 2 aliphatic heterocycles. The normalized spacial score (nSPS) is 19.6. The lowest BCUT2D eigenvalue weighted by atomic mass is 10.2. The highest BCUT2D eigenvalue weighted by Crippen LogP contribution is 2.32. The van der Waals surface area contributed by atoms with E-state index >= 15 is 0 Å². The Bertz CT molecular complexity index is 1040. The first-order valence-electron chi connectivity index (χ1n) is 8.53. The number of anilines is 1. The Hall–Kier alpha value is -1.84. The second-order valence-electron chi connectivity index (χ2n) is 6.38. The van der Waals surface area contributed by atoms with Crippen LogP contribution in [0.4, 0.5) is 5.82 Å². The molecule has 2 fully saturated rings. The van der Waals surface area contributed by atoms with E-state index < -0.39 is 0 Å². The third-order valence-electron chi connectivity index (χ3n) is 4.64. The molecule has 0 atom stereocenters. The summed E-state index contributed by atoms with van der Waals surface area (Å²) >= 11 is 8.33. The zero-order valence-electron chi connectivity index (χ0n) is 15.0. The highest BCUT2D eigenvalue weighted by molar-refractivity contribution is 8.26. The van der Waals surface area contributed by atoms with Crippen molar-refractivity contribution >= 4 is 63.5 Å². The molecule has 140 valence electrons. The van der Waals surface area contributed by atoms with Crippen LogP contribution in [0.5, 0.6) is 0 Å². The summed E-state index contributed by atoms with van der Waals surface area (Å²) in [5.41, 5.74) is 1.86. The fourth-order valence-corrected chi connectivity index (χ4v) is 5.18. The number of fused-ring (bicyclic) bond motifs is 1. The molecular formula is C18H18N4O2S3. The molecule has 2 saturated heterocycles. The van der Waals surface area contributed by atoms with Crippen molar-refractivity contribution in [3.8, 4) is 0 Å². The SMILES string of the molecule is Cc1cccn2c(=O)c(/C=C3/SC(=S)N(C)C3=O)c(N3CCSCC3)nc12. The van der Waals surface area contributed by atoms with Gasteiger partial charge in [-0.1, -0.05) is 30.0 Å². The van der Waals surface area contributed by atoms with E-state index in [4.69, 9.17) is 17.2 Å². The molecule has 0 aromatic carbocycles. The number of carbonyl (C=O) groups is 1. The van der Waals surface area contributed by atoms with Crippen molar-refractivity contribution in [2.45, 2.75) is 6.92 Å². The molecule has 2 aliphatic rings. The number of aryl methyl sites for hydroxylation is 1. The summed E-state index contributed by atoms with van der Waals surface area (Å²) in [5.74, 6) is 2.45. The molecule has 0 unspecified atom stereocenters. The Labute approximate surface area is 170 Å². The number of aromatic nitrogens is 2. The number of nitrogens with zero attached hydrogens (tertiary/aromatic N) is 4. The molecule has 2 aromatic heterocycles. The van der Waals surface area contributed by atoms with Crippen LogP contribution in [0.25, 0.3) is 11.7 Å². The molecule has 4 heterocycles. The van der Waals surface area contributed by atoms with Gasteiger partial charge in [0.05, 0.1) is 10.5 Å². The number of thioether (sulfide) groups is 2. The van der Waals surface area contributed by atoms with Crippen molar-refractivity contribution in [2.75, 3.05) is 36.5 Å². The molecule has 0 saturated carbocycles. The van der Waals surface area contributed by atoms with Gasteiger partial charge in [0.25, 0.3) is 11.5 Å². The van der Waals surface area contributed by atoms with E-state index in [2.05, 4.69) is 4.90 Å². The predicted octanol–water partition coefficient (Wildman–Crippen LogP) is 2.39. The van der Waals surface area contributed by atoms with Gasteiger partial charge in [-0.05, 0) is 24.6 Å². The summed E-state index contributed by atoms with van der Waals surface area (Å²) in [7, 11) is 1.65. The highest BCUT2D eigenvalue weighted by Gasteiger charge is 2.30. The summed E-state index contributed by atoms with van der Waals surface area (Å²) in [6.45, 7) is 3.60. The molecular weight excluding hydrogens is 400 g/mol. The van der Waals surface area contributed by atoms with Crippen LogP contribution in [0.3, 0.4) is 0 Å². The number of thiocarbonyl (C=S) groups is 1. The second kappa shape index (κ2) is 7.29. The maximum absolute atomic E-state index is 13.3. The largest absolute Gasteiger partial charge is 0.354 e. The third kappa shape index (κ3) is 3.28. The first kappa shape index (κ1) is 18.5. The molecule has 6 nitrogen and oxygen atoms in total. The molecule has 1 amide bonds. The number of likely N-dealkylation sites (N-methyl/N-ethyl adjacent to an activating group) is 1. The number of pyridine rings is 1. The van der Waals surface area contributed by atoms with Crippen LogP contribution in [0.1, 0.15) is 11.1 Å². The zero-order valence-corrected chi connectivity index (χ0v) is 17.4. The average molecular weight is 419 g/mol. The Morgan fingerprint density at radius 3 is 2.67 bits per heavy atom. The van der Waals surface area contributed by atoms with Crippen molar-refractivity contribution in [3.63, 3.8) is 0 Å². The molecule has 0 spiro atoms. The van der Waals surface area contributed by atoms with Crippen molar-refractivity contribution in [2.24, 2.45) is 0 Å². The maximum Gasteiger partial charge on any atom is 0.267 e. The van der Waals surface area contributed by atoms with Gasteiger partial charge in [-0.15, -0.1) is 0 Å². The average Bonchev–Trinajstić information content (AvgIpc) is 2.92. The van der Waals surface area contributed by atoms with Gasteiger partial charge in [-0.25, -0.2) is 4.98 Å². The summed E-state index contributed by atoms with van der Waals surface area (Å²) in [6.07, 6.45) is 3.37. The van der Waals surface area contributed by atoms with Crippen molar-refractivity contribution in [1.29, 1.82) is 0 Å². The lowest BCUT2D eigenvalue weighted by Gasteiger charge is -2.28. The Morgan fingerprint density at radius 1 is 1.26 bits per heavy atom. The minimum Gasteiger partial charge on any atom is -0.354 e. The van der Waals surface area contributed by atoms with Gasteiger partial charge in [0.15, 0.2) is 0 Å². The molecule has 0 bridgehead atoms. The van der Waals surface area contributed by atoms with Crippen molar-refractivity contribution < 1.29 is 4.79 Å². The minimum absolute atomic E-state index is 0.168. The number of hydrogen-bond donors (Lipinski definition) is 0. The van der Waals surface area contributed by atoms with Crippen LogP contribution in [0.2, 0.25) is 0 Å². The van der Waals surface area contributed by atoms with Crippen LogP contribution in [-0.4, -0.2) is 56.2 Å². The van der Waals surface area contributed by atoms with Gasteiger partial charge < -0.3 is 4.90 Å². The molecule has 9 heteroatoms. The lowest BCUT2D eigenvalue weighted by molar-refractivity contribution is -0.121. The molecule has 2 aromatic rings. The molecule has 4 rings (SSSR count). The minimum atomic E-state index is -0.182. The van der Waals surface area contributed by atoms with E-state index in [1.165, 1.54) is 16.7 Å². The van der Waals surface area contributed by atoms with Crippen molar-refractivity contribution in [1.82, 2.24) is 14.3 Å². The monoisotopic (exact) mass is 418 g/mol. The number of rotatable bonds is 2. The summed E-state index contributed by atoms with van der Waals surface area (Å²) in [6, 6.07) is 3.78. The standard InChI is InChI=1S/C18H18N4O2S3/c1-11-4-3-5-22-14(11)19-15(21-6-8-26-9-7-21)12(16(22)23)10-13-17(24)20(2)18(25)27-13/h3-5,10H,6-9H2,1-2H3/b13-10+. The maximum atomic E-state index is 13.3. The van der Waals surface area contributed by atoms with Gasteiger partial charge in [0.2, 0.25) is 0 Å². The zero-order chi connectivity index (χ0) is 19.1. The van der Waals surface area contributed by atoms with Crippen LogP contribution in [0.15, 0.2) is 28.0 Å². The summed E-state index contributed by atoms with van der Waals surface area (Å²) in [4.78, 5) is 34.6. The smallest absolute Gasteiger partial charge is 0.267 e. The van der Waals surface area contributed by atoms with E-state index in [1.54, 1.807) is 23.7 Å². The fraction of sp³-hybridized carbons (Fsp3) is 0.333. The van der Waals surface area contributed by atoms with E-state index in [1.807, 2.05) is 30.8 Å². The highest BCUT2D eigenvalue weighted by atomic mass is 32.2. The van der Waals surface area contributed by atoms with Gasteiger partial charge >= 0.3 is 0 Å². The topological polar surface area (TPSA) is 57.9 Å². The van der Waals surface area contributed by atoms with Crippen LogP contribution in [-0.2, 0) is 4.79 Å². The molecule has 27 heavy (non-hydrogen) atoms. The molecule has 0 aliphatic carbocycles. The van der Waals surface area contributed by atoms with Crippen LogP contribution >= 0.6 is 35.7 Å². The van der Waals surface area contributed by atoms with Gasteiger partial charge in [-0.2, -0.15) is 11.8 Å². The Morgan fingerprint density at radius 2 is 2.00 bits per heavy atom. The quantitative estimate of drug-likeness (QED) is 0.548. The lowest BCUT2D eigenvalue weighted by Crippen LogP contribution is -2.36. The molecule has 0 N–H and O–H groups in total. The summed E-state index contributed by atoms with van der Waals surface area (Å²) in [5, 5.41) is 0. The first-order valence-corrected chi connectivity index (χ1v) is 10.9. The van der Waals surface area contributed by atoms with E-state index in [0.717, 1.165) is 30.2 Å². The van der Waals surface area contributed by atoms with Crippen molar-refractivity contribution in [3.05, 3.63) is 44.7 Å². The van der Waals surface area contributed by atoms with Gasteiger partial charge in [0.1, 0.15) is 15.8 Å². The molecule has 0 radical (unpaired) electrons. The fourth-order valence-electron chi connectivity index (χ4n) is 3.12. The second-order valence-corrected chi connectivity index (χ2v) is 9.28. The van der Waals surface area contributed by atoms with Crippen LogP contribution in [0, 0.1) is 6.92 Å².